The third-order valence-electron chi connectivity index (χ3n) is 4.54. The van der Waals surface area contributed by atoms with E-state index >= 15 is 0 Å². The molecular formula is C18H18N2O3S. The van der Waals surface area contributed by atoms with Crippen LogP contribution in [-0.4, -0.2) is 31.4 Å². The van der Waals surface area contributed by atoms with Crippen LogP contribution in [0.5, 0.6) is 5.75 Å². The standard InChI is InChI=1S/C18H18N2O3S/c1-23-13-6-8-14(9-7-13)24(21,22)20-11-10-16-15-4-2-3-5-17(15)19-18(16)12-20/h2-9,19H,10-12H2,1H3. The van der Waals surface area contributed by atoms with Crippen LogP contribution in [-0.2, 0) is 23.0 Å². The van der Waals surface area contributed by atoms with Crippen molar-refractivity contribution in [3.8, 4) is 5.75 Å². The minimum absolute atomic E-state index is 0.294. The van der Waals surface area contributed by atoms with Gasteiger partial charge in [-0.15, -0.1) is 0 Å². The van der Waals surface area contributed by atoms with Gasteiger partial charge in [-0.05, 0) is 42.3 Å². The van der Waals surface area contributed by atoms with Crippen molar-refractivity contribution in [2.24, 2.45) is 0 Å². The van der Waals surface area contributed by atoms with Gasteiger partial charge in [0.1, 0.15) is 5.75 Å². The summed E-state index contributed by atoms with van der Waals surface area (Å²) in [6, 6.07) is 14.6. The molecule has 2 heterocycles. The summed E-state index contributed by atoms with van der Waals surface area (Å²) >= 11 is 0. The molecule has 0 atom stereocenters. The highest BCUT2D eigenvalue weighted by atomic mass is 32.2. The Morgan fingerprint density at radius 3 is 2.58 bits per heavy atom. The number of H-pyrrole nitrogens is 1. The van der Waals surface area contributed by atoms with E-state index in [9.17, 15) is 8.42 Å². The second-order valence-electron chi connectivity index (χ2n) is 5.89. The minimum atomic E-state index is -3.51. The molecule has 3 aromatic rings. The van der Waals surface area contributed by atoms with Gasteiger partial charge in [0.05, 0.1) is 18.6 Å². The Balaban J connectivity index is 1.67. The average Bonchev–Trinajstić information content (AvgIpc) is 2.99. The highest BCUT2D eigenvalue weighted by molar-refractivity contribution is 7.89. The van der Waals surface area contributed by atoms with Gasteiger partial charge in [-0.25, -0.2) is 8.42 Å². The lowest BCUT2D eigenvalue weighted by Crippen LogP contribution is -2.35. The Morgan fingerprint density at radius 2 is 1.83 bits per heavy atom. The van der Waals surface area contributed by atoms with E-state index in [1.807, 2.05) is 18.2 Å². The van der Waals surface area contributed by atoms with Crippen molar-refractivity contribution in [2.75, 3.05) is 13.7 Å². The van der Waals surface area contributed by atoms with Gasteiger partial charge in [-0.1, -0.05) is 18.2 Å². The van der Waals surface area contributed by atoms with E-state index < -0.39 is 10.0 Å². The smallest absolute Gasteiger partial charge is 0.243 e. The molecule has 2 aromatic carbocycles. The van der Waals surface area contributed by atoms with E-state index in [0.29, 0.717) is 30.2 Å². The van der Waals surface area contributed by atoms with Gasteiger partial charge >= 0.3 is 0 Å². The zero-order valence-electron chi connectivity index (χ0n) is 13.3. The Hall–Kier alpha value is -2.31. The molecule has 1 aromatic heterocycles. The molecule has 0 saturated heterocycles. The maximum Gasteiger partial charge on any atom is 0.243 e. The monoisotopic (exact) mass is 342 g/mol. The van der Waals surface area contributed by atoms with Gasteiger partial charge in [0.15, 0.2) is 0 Å². The number of aromatic amines is 1. The van der Waals surface area contributed by atoms with E-state index in [1.165, 1.54) is 15.3 Å². The highest BCUT2D eigenvalue weighted by Gasteiger charge is 2.30. The summed E-state index contributed by atoms with van der Waals surface area (Å²) in [7, 11) is -1.95. The molecule has 0 radical (unpaired) electrons. The van der Waals surface area contributed by atoms with E-state index in [2.05, 4.69) is 11.1 Å². The normalized spacial score (nSPS) is 15.4. The Labute approximate surface area is 140 Å². The van der Waals surface area contributed by atoms with Crippen LogP contribution in [0.15, 0.2) is 53.4 Å². The lowest BCUT2D eigenvalue weighted by atomic mass is 10.1. The van der Waals surface area contributed by atoms with Crippen molar-refractivity contribution in [1.82, 2.24) is 9.29 Å². The van der Waals surface area contributed by atoms with Crippen molar-refractivity contribution in [1.29, 1.82) is 0 Å². The number of sulfonamides is 1. The zero-order valence-corrected chi connectivity index (χ0v) is 14.1. The van der Waals surface area contributed by atoms with Gasteiger partial charge in [0, 0.05) is 23.1 Å². The first kappa shape index (κ1) is 15.2. The number of hydrogen-bond acceptors (Lipinski definition) is 3. The molecule has 4 rings (SSSR count). The Bertz CT molecular complexity index is 991. The second kappa shape index (κ2) is 5.65. The first-order chi connectivity index (χ1) is 11.6. The number of rotatable bonds is 3. The molecule has 24 heavy (non-hydrogen) atoms. The van der Waals surface area contributed by atoms with E-state index in [4.69, 9.17) is 4.74 Å². The van der Waals surface area contributed by atoms with E-state index in [-0.39, 0.29) is 0 Å². The largest absolute Gasteiger partial charge is 0.497 e. The fourth-order valence-corrected chi connectivity index (χ4v) is 4.68. The number of ether oxygens (including phenoxy) is 1. The fraction of sp³-hybridized carbons (Fsp3) is 0.222. The lowest BCUT2D eigenvalue weighted by molar-refractivity contribution is 0.388. The summed E-state index contributed by atoms with van der Waals surface area (Å²) in [4.78, 5) is 3.66. The summed E-state index contributed by atoms with van der Waals surface area (Å²) in [5.41, 5.74) is 3.28. The molecule has 1 aliphatic heterocycles. The number of nitrogens with one attached hydrogen (secondary N) is 1. The molecule has 5 nitrogen and oxygen atoms in total. The van der Waals surface area contributed by atoms with Crippen molar-refractivity contribution >= 4 is 20.9 Å². The molecule has 0 fully saturated rings. The first-order valence-corrected chi connectivity index (χ1v) is 9.26. The number of hydrogen-bond donors (Lipinski definition) is 1. The maximum atomic E-state index is 12.9. The number of nitrogens with zero attached hydrogens (tertiary/aromatic N) is 1. The number of para-hydroxylation sites is 1. The van der Waals surface area contributed by atoms with Crippen molar-refractivity contribution in [3.63, 3.8) is 0 Å². The molecule has 0 spiro atoms. The Morgan fingerprint density at radius 1 is 1.08 bits per heavy atom. The molecule has 0 amide bonds. The van der Waals surface area contributed by atoms with Crippen molar-refractivity contribution in [3.05, 3.63) is 59.8 Å². The summed E-state index contributed by atoms with van der Waals surface area (Å²) < 4.78 is 32.4. The van der Waals surface area contributed by atoms with Crippen molar-refractivity contribution in [2.45, 2.75) is 17.9 Å². The van der Waals surface area contributed by atoms with Crippen LogP contribution in [0.4, 0.5) is 0 Å². The topological polar surface area (TPSA) is 62.4 Å². The first-order valence-electron chi connectivity index (χ1n) is 7.82. The average molecular weight is 342 g/mol. The molecule has 1 aliphatic rings. The predicted molar refractivity (Wildman–Crippen MR) is 92.6 cm³/mol. The fourth-order valence-electron chi connectivity index (χ4n) is 3.27. The predicted octanol–water partition coefficient (Wildman–Crippen LogP) is 2.92. The maximum absolute atomic E-state index is 12.9. The molecular weight excluding hydrogens is 324 g/mol. The van der Waals surface area contributed by atoms with Gasteiger partial charge in [-0.2, -0.15) is 4.31 Å². The van der Waals surface area contributed by atoms with Crippen LogP contribution in [0.25, 0.3) is 10.9 Å². The highest BCUT2D eigenvalue weighted by Crippen LogP contribution is 2.30. The Kier molecular flexibility index (Phi) is 3.58. The number of benzene rings is 2. The minimum Gasteiger partial charge on any atom is -0.497 e. The lowest BCUT2D eigenvalue weighted by Gasteiger charge is -2.26. The van der Waals surface area contributed by atoms with Crippen LogP contribution < -0.4 is 4.74 Å². The second-order valence-corrected chi connectivity index (χ2v) is 7.83. The summed E-state index contributed by atoms with van der Waals surface area (Å²) in [5.74, 6) is 0.644. The van der Waals surface area contributed by atoms with Gasteiger partial charge in [-0.3, -0.25) is 0 Å². The quantitative estimate of drug-likeness (QED) is 0.796. The van der Waals surface area contributed by atoms with Crippen molar-refractivity contribution < 1.29 is 13.2 Å². The van der Waals surface area contributed by atoms with Crippen LogP contribution in [0.1, 0.15) is 11.3 Å². The number of aromatic nitrogens is 1. The molecule has 0 aliphatic carbocycles. The summed E-state index contributed by atoms with van der Waals surface area (Å²) in [6.45, 7) is 0.863. The summed E-state index contributed by atoms with van der Waals surface area (Å²) in [5, 5.41) is 1.19. The van der Waals surface area contributed by atoms with Crippen LogP contribution in [0.2, 0.25) is 0 Å². The SMILES string of the molecule is COc1ccc(S(=O)(=O)N2CCc3c([nH]c4ccccc34)C2)cc1. The van der Waals surface area contributed by atoms with Crippen LogP contribution in [0, 0.1) is 0 Å². The number of fused-ring (bicyclic) bond motifs is 3. The van der Waals surface area contributed by atoms with E-state index in [1.54, 1.807) is 31.4 Å². The molecule has 124 valence electrons. The summed E-state index contributed by atoms with van der Waals surface area (Å²) in [6.07, 6.45) is 0.717. The molecule has 0 saturated carbocycles. The van der Waals surface area contributed by atoms with Crippen LogP contribution >= 0.6 is 0 Å². The van der Waals surface area contributed by atoms with Gasteiger partial charge in [0.2, 0.25) is 10.0 Å². The molecule has 0 bridgehead atoms. The zero-order chi connectivity index (χ0) is 16.7. The number of methoxy groups -OCH3 is 1. The molecule has 1 N–H and O–H groups in total. The van der Waals surface area contributed by atoms with Gasteiger partial charge in [0.25, 0.3) is 0 Å². The van der Waals surface area contributed by atoms with Gasteiger partial charge < -0.3 is 9.72 Å². The third-order valence-corrected chi connectivity index (χ3v) is 6.40. The van der Waals surface area contributed by atoms with E-state index in [0.717, 1.165) is 11.2 Å². The molecule has 6 heteroatoms. The molecule has 0 unspecified atom stereocenters. The third kappa shape index (κ3) is 2.39. The van der Waals surface area contributed by atoms with Crippen LogP contribution in [0.3, 0.4) is 0 Å².